The monoisotopic (exact) mass is 382 g/mol. The van der Waals surface area contributed by atoms with Crippen LogP contribution in [-0.2, 0) is 9.59 Å². The SMILES string of the molecule is COc1cccc(N2C[C@H](NC(=O)COc3ccc(C(C)C)cc3)CC2=O)c1. The van der Waals surface area contributed by atoms with Crippen molar-refractivity contribution in [2.75, 3.05) is 25.2 Å². The molecule has 3 rings (SSSR count). The third kappa shape index (κ3) is 4.82. The number of benzene rings is 2. The largest absolute Gasteiger partial charge is 0.497 e. The minimum atomic E-state index is -0.238. The lowest BCUT2D eigenvalue weighted by Gasteiger charge is -2.18. The van der Waals surface area contributed by atoms with Crippen LogP contribution >= 0.6 is 0 Å². The van der Waals surface area contributed by atoms with Crippen molar-refractivity contribution in [3.05, 3.63) is 54.1 Å². The molecule has 1 heterocycles. The van der Waals surface area contributed by atoms with Gasteiger partial charge in [-0.2, -0.15) is 0 Å². The Balaban J connectivity index is 1.51. The number of hydrogen-bond acceptors (Lipinski definition) is 4. The molecule has 6 nitrogen and oxygen atoms in total. The van der Waals surface area contributed by atoms with Gasteiger partial charge in [-0.1, -0.05) is 32.0 Å². The molecule has 0 spiro atoms. The number of methoxy groups -OCH3 is 1. The average Bonchev–Trinajstić information content (AvgIpc) is 3.06. The Bertz CT molecular complexity index is 833. The van der Waals surface area contributed by atoms with Crippen molar-refractivity contribution in [3.8, 4) is 11.5 Å². The topological polar surface area (TPSA) is 67.9 Å². The first-order valence-electron chi connectivity index (χ1n) is 9.43. The van der Waals surface area contributed by atoms with E-state index in [2.05, 4.69) is 19.2 Å². The van der Waals surface area contributed by atoms with E-state index in [9.17, 15) is 9.59 Å². The molecule has 148 valence electrons. The van der Waals surface area contributed by atoms with E-state index in [1.807, 2.05) is 48.5 Å². The number of carbonyl (C=O) groups is 2. The number of rotatable bonds is 7. The number of anilines is 1. The van der Waals surface area contributed by atoms with Crippen LogP contribution in [0.4, 0.5) is 5.69 Å². The zero-order valence-electron chi connectivity index (χ0n) is 16.5. The second kappa shape index (κ2) is 8.78. The molecular weight excluding hydrogens is 356 g/mol. The molecule has 2 aromatic rings. The molecule has 0 unspecified atom stereocenters. The number of carbonyl (C=O) groups excluding carboxylic acids is 2. The van der Waals surface area contributed by atoms with Crippen molar-refractivity contribution >= 4 is 17.5 Å². The van der Waals surface area contributed by atoms with E-state index < -0.39 is 0 Å². The van der Waals surface area contributed by atoms with Gasteiger partial charge in [0.25, 0.3) is 5.91 Å². The van der Waals surface area contributed by atoms with Gasteiger partial charge in [0.1, 0.15) is 11.5 Å². The molecule has 0 radical (unpaired) electrons. The van der Waals surface area contributed by atoms with Gasteiger partial charge in [0, 0.05) is 24.7 Å². The van der Waals surface area contributed by atoms with E-state index in [-0.39, 0.29) is 30.9 Å². The Hall–Kier alpha value is -3.02. The van der Waals surface area contributed by atoms with Gasteiger partial charge in [0.2, 0.25) is 5.91 Å². The first-order valence-corrected chi connectivity index (χ1v) is 9.43. The zero-order valence-corrected chi connectivity index (χ0v) is 16.5. The normalized spacial score (nSPS) is 16.4. The maximum Gasteiger partial charge on any atom is 0.258 e. The summed E-state index contributed by atoms with van der Waals surface area (Å²) < 4.78 is 10.8. The molecule has 2 amide bonds. The van der Waals surface area contributed by atoms with E-state index in [0.717, 1.165) is 5.69 Å². The quantitative estimate of drug-likeness (QED) is 0.799. The molecule has 1 atom stereocenters. The minimum Gasteiger partial charge on any atom is -0.497 e. The second-order valence-electron chi connectivity index (χ2n) is 7.19. The predicted octanol–water partition coefficient (Wildman–Crippen LogP) is 3.12. The smallest absolute Gasteiger partial charge is 0.258 e. The van der Waals surface area contributed by atoms with Crippen LogP contribution < -0.4 is 19.7 Å². The van der Waals surface area contributed by atoms with Crippen molar-refractivity contribution in [1.29, 1.82) is 0 Å². The summed E-state index contributed by atoms with van der Waals surface area (Å²) in [4.78, 5) is 26.2. The summed E-state index contributed by atoms with van der Waals surface area (Å²) in [5, 5.41) is 2.88. The molecule has 2 aromatic carbocycles. The van der Waals surface area contributed by atoms with E-state index in [0.29, 0.717) is 24.0 Å². The number of nitrogens with one attached hydrogen (secondary N) is 1. The summed E-state index contributed by atoms with van der Waals surface area (Å²) in [5.41, 5.74) is 1.99. The van der Waals surface area contributed by atoms with Gasteiger partial charge >= 0.3 is 0 Å². The highest BCUT2D eigenvalue weighted by molar-refractivity contribution is 5.97. The molecule has 1 saturated heterocycles. The zero-order chi connectivity index (χ0) is 20.1. The Morgan fingerprint density at radius 2 is 1.93 bits per heavy atom. The molecule has 6 heteroatoms. The lowest BCUT2D eigenvalue weighted by atomic mass is 10.0. The molecule has 1 fully saturated rings. The van der Waals surface area contributed by atoms with Gasteiger partial charge in [-0.05, 0) is 35.7 Å². The van der Waals surface area contributed by atoms with Crippen LogP contribution in [0.2, 0.25) is 0 Å². The Labute approximate surface area is 165 Å². The van der Waals surface area contributed by atoms with Crippen LogP contribution in [0.3, 0.4) is 0 Å². The van der Waals surface area contributed by atoms with Gasteiger partial charge in [-0.25, -0.2) is 0 Å². The minimum absolute atomic E-state index is 0.0243. The summed E-state index contributed by atoms with van der Waals surface area (Å²) in [6, 6.07) is 14.8. The van der Waals surface area contributed by atoms with Crippen LogP contribution in [0, 0.1) is 0 Å². The standard InChI is InChI=1S/C22H26N2O4/c1-15(2)16-7-9-19(10-8-16)28-14-21(25)23-17-11-22(26)24(13-17)18-5-4-6-20(12-18)27-3/h4-10,12,15,17H,11,13-14H2,1-3H3,(H,23,25)/t17-/m1/s1. The molecule has 28 heavy (non-hydrogen) atoms. The number of nitrogens with zero attached hydrogens (tertiary/aromatic N) is 1. The third-order valence-corrected chi connectivity index (χ3v) is 4.77. The number of ether oxygens (including phenoxy) is 2. The molecular formula is C22H26N2O4. The summed E-state index contributed by atoms with van der Waals surface area (Å²) in [5.74, 6) is 1.53. The van der Waals surface area contributed by atoms with Crippen molar-refractivity contribution in [3.63, 3.8) is 0 Å². The van der Waals surface area contributed by atoms with Crippen molar-refractivity contribution in [1.82, 2.24) is 5.32 Å². The number of amides is 2. The van der Waals surface area contributed by atoms with Gasteiger partial charge in [-0.3, -0.25) is 9.59 Å². The Morgan fingerprint density at radius 3 is 2.61 bits per heavy atom. The molecule has 1 N–H and O–H groups in total. The fourth-order valence-corrected chi connectivity index (χ4v) is 3.20. The molecule has 0 aliphatic carbocycles. The fourth-order valence-electron chi connectivity index (χ4n) is 3.20. The average molecular weight is 382 g/mol. The van der Waals surface area contributed by atoms with Crippen molar-refractivity contribution in [2.45, 2.75) is 32.2 Å². The highest BCUT2D eigenvalue weighted by Gasteiger charge is 2.31. The van der Waals surface area contributed by atoms with Crippen LogP contribution in [-0.4, -0.2) is 38.1 Å². The fraction of sp³-hybridized carbons (Fsp3) is 0.364. The molecule has 0 aromatic heterocycles. The maximum atomic E-state index is 12.3. The van der Waals surface area contributed by atoms with Crippen LogP contribution in [0.1, 0.15) is 31.7 Å². The summed E-state index contributed by atoms with van der Waals surface area (Å²) in [6.45, 7) is 4.60. The summed E-state index contributed by atoms with van der Waals surface area (Å²) in [6.07, 6.45) is 0.270. The van der Waals surface area contributed by atoms with Crippen LogP contribution in [0.5, 0.6) is 11.5 Å². The molecule has 0 bridgehead atoms. The van der Waals surface area contributed by atoms with E-state index in [4.69, 9.17) is 9.47 Å². The van der Waals surface area contributed by atoms with E-state index in [1.54, 1.807) is 12.0 Å². The lowest BCUT2D eigenvalue weighted by Crippen LogP contribution is -2.39. The summed E-state index contributed by atoms with van der Waals surface area (Å²) in [7, 11) is 1.59. The molecule has 1 aliphatic rings. The summed E-state index contributed by atoms with van der Waals surface area (Å²) >= 11 is 0. The second-order valence-corrected chi connectivity index (χ2v) is 7.19. The van der Waals surface area contributed by atoms with Crippen LogP contribution in [0.15, 0.2) is 48.5 Å². The maximum absolute atomic E-state index is 12.3. The van der Waals surface area contributed by atoms with Crippen molar-refractivity contribution < 1.29 is 19.1 Å². The van der Waals surface area contributed by atoms with Crippen LogP contribution in [0.25, 0.3) is 0 Å². The van der Waals surface area contributed by atoms with Crippen molar-refractivity contribution in [2.24, 2.45) is 0 Å². The highest BCUT2D eigenvalue weighted by Crippen LogP contribution is 2.25. The Morgan fingerprint density at radius 1 is 1.18 bits per heavy atom. The Kier molecular flexibility index (Phi) is 6.19. The lowest BCUT2D eigenvalue weighted by molar-refractivity contribution is -0.123. The van der Waals surface area contributed by atoms with E-state index >= 15 is 0 Å². The highest BCUT2D eigenvalue weighted by atomic mass is 16.5. The first kappa shape index (κ1) is 19.7. The molecule has 0 saturated carbocycles. The number of hydrogen-bond donors (Lipinski definition) is 1. The van der Waals surface area contributed by atoms with Gasteiger partial charge in [0.05, 0.1) is 13.2 Å². The first-order chi connectivity index (χ1) is 13.5. The predicted molar refractivity (Wildman–Crippen MR) is 108 cm³/mol. The van der Waals surface area contributed by atoms with Gasteiger partial charge in [-0.15, -0.1) is 0 Å². The van der Waals surface area contributed by atoms with E-state index in [1.165, 1.54) is 5.56 Å². The van der Waals surface area contributed by atoms with Gasteiger partial charge in [0.15, 0.2) is 6.61 Å². The molecule has 1 aliphatic heterocycles. The van der Waals surface area contributed by atoms with Gasteiger partial charge < -0.3 is 19.7 Å². The third-order valence-electron chi connectivity index (χ3n) is 4.77.